The van der Waals surface area contributed by atoms with Crippen LogP contribution in [0.1, 0.15) is 30.1 Å². The van der Waals surface area contributed by atoms with Crippen molar-refractivity contribution in [3.8, 4) is 0 Å². The van der Waals surface area contributed by atoms with Crippen molar-refractivity contribution in [3.63, 3.8) is 0 Å². The fourth-order valence-electron chi connectivity index (χ4n) is 1.68. The van der Waals surface area contributed by atoms with E-state index in [2.05, 4.69) is 25.2 Å². The van der Waals surface area contributed by atoms with Gasteiger partial charge in [-0.25, -0.2) is 18.1 Å². The number of thiazole rings is 1. The van der Waals surface area contributed by atoms with Crippen LogP contribution in [0.2, 0.25) is 0 Å². The van der Waals surface area contributed by atoms with Gasteiger partial charge in [-0.05, 0) is 6.92 Å². The number of aryl methyl sites for hydroxylation is 1. The van der Waals surface area contributed by atoms with Gasteiger partial charge in [-0.15, -0.1) is 11.3 Å². The molecular formula is C12H19N5O2S2. The Morgan fingerprint density at radius 3 is 2.76 bits per heavy atom. The molecule has 2 aromatic rings. The number of hydrogen-bond acceptors (Lipinski definition) is 6. The quantitative estimate of drug-likeness (QED) is 0.707. The lowest BCUT2D eigenvalue weighted by atomic mass is 10.3. The first kappa shape index (κ1) is 16.1. The summed E-state index contributed by atoms with van der Waals surface area (Å²) in [7, 11) is -3.63. The molecule has 0 aliphatic heterocycles. The van der Waals surface area contributed by atoms with Crippen LogP contribution >= 0.6 is 11.3 Å². The molecule has 0 atom stereocenters. The Morgan fingerprint density at radius 1 is 1.38 bits per heavy atom. The molecule has 2 rings (SSSR count). The third kappa shape index (κ3) is 4.34. The van der Waals surface area contributed by atoms with Gasteiger partial charge in [-0.1, -0.05) is 13.8 Å². The van der Waals surface area contributed by atoms with E-state index < -0.39 is 10.0 Å². The van der Waals surface area contributed by atoms with E-state index in [-0.39, 0.29) is 17.6 Å². The highest BCUT2D eigenvalue weighted by molar-refractivity contribution is 7.89. The highest BCUT2D eigenvalue weighted by atomic mass is 32.2. The number of rotatable bonds is 7. The fourth-order valence-corrected chi connectivity index (χ4v) is 3.60. The van der Waals surface area contributed by atoms with Crippen molar-refractivity contribution in [1.29, 1.82) is 0 Å². The molecule has 2 aromatic heterocycles. The maximum absolute atomic E-state index is 12.3. The van der Waals surface area contributed by atoms with Crippen LogP contribution in [-0.2, 0) is 23.1 Å². The molecule has 7 nitrogen and oxygen atoms in total. The fraction of sp³-hybridized carbons (Fsp3) is 0.500. The predicted octanol–water partition coefficient (Wildman–Crippen LogP) is 1.15. The summed E-state index contributed by atoms with van der Waals surface area (Å²) in [5.74, 6) is 0. The van der Waals surface area contributed by atoms with Gasteiger partial charge in [0, 0.05) is 29.2 Å². The molecule has 0 aliphatic rings. The van der Waals surface area contributed by atoms with Crippen LogP contribution in [0.3, 0.4) is 0 Å². The third-order valence-electron chi connectivity index (χ3n) is 2.73. The molecule has 0 unspecified atom stereocenters. The van der Waals surface area contributed by atoms with Gasteiger partial charge < -0.3 is 5.32 Å². The van der Waals surface area contributed by atoms with E-state index in [0.29, 0.717) is 12.1 Å². The van der Waals surface area contributed by atoms with Gasteiger partial charge >= 0.3 is 0 Å². The minimum atomic E-state index is -3.63. The van der Waals surface area contributed by atoms with Crippen LogP contribution in [-0.4, -0.2) is 29.6 Å². The topological polar surface area (TPSA) is 99.8 Å². The van der Waals surface area contributed by atoms with Gasteiger partial charge in [-0.3, -0.25) is 5.10 Å². The van der Waals surface area contributed by atoms with E-state index in [1.165, 1.54) is 17.5 Å². The van der Waals surface area contributed by atoms with E-state index in [4.69, 9.17) is 0 Å². The van der Waals surface area contributed by atoms with E-state index in [9.17, 15) is 8.42 Å². The Hall–Kier alpha value is -1.29. The Bertz CT molecular complexity index is 690. The predicted molar refractivity (Wildman–Crippen MR) is 81.4 cm³/mol. The molecule has 21 heavy (non-hydrogen) atoms. The zero-order valence-corrected chi connectivity index (χ0v) is 13.8. The van der Waals surface area contributed by atoms with E-state index in [1.807, 2.05) is 26.2 Å². The lowest BCUT2D eigenvalue weighted by Gasteiger charge is -2.09. The highest BCUT2D eigenvalue weighted by Crippen LogP contribution is 2.14. The average molecular weight is 329 g/mol. The first-order valence-electron chi connectivity index (χ1n) is 6.55. The normalized spacial score (nSPS) is 12.2. The molecular weight excluding hydrogens is 310 g/mol. The number of nitrogens with one attached hydrogen (secondary N) is 3. The minimum absolute atomic E-state index is 0.101. The molecule has 0 saturated heterocycles. The summed E-state index contributed by atoms with van der Waals surface area (Å²) in [6.07, 6.45) is 1.53. The van der Waals surface area contributed by atoms with Crippen LogP contribution in [0.15, 0.2) is 16.6 Å². The monoisotopic (exact) mass is 329 g/mol. The van der Waals surface area contributed by atoms with Gasteiger partial charge in [0.2, 0.25) is 0 Å². The maximum atomic E-state index is 12.3. The standard InChI is InChI=1S/C12H19N5O2S2/c1-8(2)13-4-10-5-14-17-12(10)21(18,19)15-6-11-16-9(3)7-20-11/h5,7-8,13,15H,4,6H2,1-3H3,(H,14,17). The second-order valence-electron chi connectivity index (χ2n) is 4.97. The van der Waals surface area contributed by atoms with Gasteiger partial charge in [0.05, 0.1) is 12.7 Å². The molecule has 0 aliphatic carbocycles. The smallest absolute Gasteiger partial charge is 0.258 e. The van der Waals surface area contributed by atoms with Crippen molar-refractivity contribution >= 4 is 21.4 Å². The third-order valence-corrected chi connectivity index (χ3v) is 5.11. The van der Waals surface area contributed by atoms with Gasteiger partial charge in [0.25, 0.3) is 10.0 Å². The van der Waals surface area contributed by atoms with E-state index in [1.54, 1.807) is 0 Å². The number of sulfonamides is 1. The largest absolute Gasteiger partial charge is 0.310 e. The Labute approximate surface area is 128 Å². The van der Waals surface area contributed by atoms with Crippen LogP contribution in [0.25, 0.3) is 0 Å². The second kappa shape index (κ2) is 6.65. The highest BCUT2D eigenvalue weighted by Gasteiger charge is 2.21. The molecule has 0 fully saturated rings. The zero-order valence-electron chi connectivity index (χ0n) is 12.2. The molecule has 0 spiro atoms. The second-order valence-corrected chi connectivity index (χ2v) is 7.61. The van der Waals surface area contributed by atoms with Crippen LogP contribution in [0.4, 0.5) is 0 Å². The van der Waals surface area contributed by atoms with Crippen molar-refractivity contribution in [1.82, 2.24) is 25.2 Å². The molecule has 0 amide bonds. The Balaban J connectivity index is 2.07. The van der Waals surface area contributed by atoms with Gasteiger partial charge in [-0.2, -0.15) is 5.10 Å². The van der Waals surface area contributed by atoms with Crippen molar-refractivity contribution in [3.05, 3.63) is 27.8 Å². The number of H-pyrrole nitrogens is 1. The van der Waals surface area contributed by atoms with E-state index >= 15 is 0 Å². The SMILES string of the molecule is Cc1csc(CNS(=O)(=O)c2[nH]ncc2CNC(C)C)n1. The van der Waals surface area contributed by atoms with E-state index in [0.717, 1.165) is 10.7 Å². The number of hydrogen-bond donors (Lipinski definition) is 3. The summed E-state index contributed by atoms with van der Waals surface area (Å²) in [5.41, 5.74) is 1.50. The lowest BCUT2D eigenvalue weighted by molar-refractivity contribution is 0.564. The Morgan fingerprint density at radius 2 is 2.14 bits per heavy atom. The maximum Gasteiger partial charge on any atom is 0.258 e. The number of aromatic nitrogens is 3. The molecule has 2 heterocycles. The molecule has 3 N–H and O–H groups in total. The minimum Gasteiger partial charge on any atom is -0.310 e. The van der Waals surface area contributed by atoms with Crippen molar-refractivity contribution in [2.75, 3.05) is 0 Å². The molecule has 0 saturated carbocycles. The van der Waals surface area contributed by atoms with Crippen molar-refractivity contribution in [2.45, 2.75) is 44.9 Å². The summed E-state index contributed by atoms with van der Waals surface area (Å²) in [6, 6.07) is 0.265. The molecule has 0 radical (unpaired) electrons. The summed E-state index contributed by atoms with van der Waals surface area (Å²) in [5, 5.41) is 12.3. The van der Waals surface area contributed by atoms with Gasteiger partial charge in [0.15, 0.2) is 5.03 Å². The Kier molecular flexibility index (Phi) is 5.09. The molecule has 9 heteroatoms. The van der Waals surface area contributed by atoms with Crippen LogP contribution in [0, 0.1) is 6.92 Å². The molecule has 116 valence electrons. The van der Waals surface area contributed by atoms with Crippen LogP contribution < -0.4 is 10.0 Å². The first-order chi connectivity index (χ1) is 9.88. The molecule has 0 bridgehead atoms. The summed E-state index contributed by atoms with van der Waals surface area (Å²) in [4.78, 5) is 4.23. The number of aromatic amines is 1. The zero-order chi connectivity index (χ0) is 15.5. The summed E-state index contributed by atoms with van der Waals surface area (Å²) in [6.45, 7) is 6.49. The lowest BCUT2D eigenvalue weighted by Crippen LogP contribution is -2.27. The average Bonchev–Trinajstić information content (AvgIpc) is 3.03. The number of nitrogens with zero attached hydrogens (tertiary/aromatic N) is 2. The van der Waals surface area contributed by atoms with Crippen molar-refractivity contribution in [2.24, 2.45) is 0 Å². The summed E-state index contributed by atoms with van der Waals surface area (Å²) < 4.78 is 27.2. The van der Waals surface area contributed by atoms with Gasteiger partial charge in [0.1, 0.15) is 5.01 Å². The molecule has 0 aromatic carbocycles. The summed E-state index contributed by atoms with van der Waals surface area (Å²) >= 11 is 1.43. The first-order valence-corrected chi connectivity index (χ1v) is 8.91. The van der Waals surface area contributed by atoms with Crippen molar-refractivity contribution < 1.29 is 8.42 Å². The van der Waals surface area contributed by atoms with Crippen LogP contribution in [0.5, 0.6) is 0 Å².